The minimum absolute atomic E-state index is 0.103. The van der Waals surface area contributed by atoms with Gasteiger partial charge in [-0.2, -0.15) is 0 Å². The molecule has 0 saturated carbocycles. The van der Waals surface area contributed by atoms with Crippen LogP contribution in [0, 0.1) is 0 Å². The van der Waals surface area contributed by atoms with Gasteiger partial charge in [0.15, 0.2) is 5.16 Å². The highest BCUT2D eigenvalue weighted by molar-refractivity contribution is 7.99. The summed E-state index contributed by atoms with van der Waals surface area (Å²) in [4.78, 5) is 11.4. The maximum Gasteiger partial charge on any atom is 0.343 e. The standard InChI is InChI=1S/C11H22N4OS/c1-4-7-15-10(16)13-14-11(15)17-8-6-9(3)12-5-2/h9,12H,4-8H2,1-3H3,(H,13,16). The Morgan fingerprint density at radius 1 is 1.53 bits per heavy atom. The largest absolute Gasteiger partial charge is 0.343 e. The molecule has 0 saturated heterocycles. The Hall–Kier alpha value is -0.750. The molecule has 0 spiro atoms. The van der Waals surface area contributed by atoms with Crippen LogP contribution in [0.3, 0.4) is 0 Å². The number of hydrogen-bond acceptors (Lipinski definition) is 4. The van der Waals surface area contributed by atoms with E-state index in [2.05, 4.69) is 36.3 Å². The molecule has 6 heteroatoms. The monoisotopic (exact) mass is 258 g/mol. The zero-order valence-corrected chi connectivity index (χ0v) is 11.6. The molecule has 1 rings (SSSR count). The van der Waals surface area contributed by atoms with Gasteiger partial charge in [0.2, 0.25) is 0 Å². The van der Waals surface area contributed by atoms with E-state index in [1.54, 1.807) is 16.3 Å². The van der Waals surface area contributed by atoms with Gasteiger partial charge in [0, 0.05) is 18.3 Å². The van der Waals surface area contributed by atoms with E-state index in [1.807, 2.05) is 0 Å². The molecule has 1 aromatic heterocycles. The number of aromatic amines is 1. The predicted octanol–water partition coefficient (Wildman–Crippen LogP) is 1.46. The third-order valence-electron chi connectivity index (χ3n) is 2.51. The van der Waals surface area contributed by atoms with E-state index in [0.717, 1.165) is 36.8 Å². The topological polar surface area (TPSA) is 62.7 Å². The highest BCUT2D eigenvalue weighted by Crippen LogP contribution is 2.15. The molecule has 0 radical (unpaired) electrons. The molecule has 98 valence electrons. The molecular weight excluding hydrogens is 236 g/mol. The fourth-order valence-electron chi connectivity index (χ4n) is 1.61. The highest BCUT2D eigenvalue weighted by atomic mass is 32.2. The molecule has 1 heterocycles. The summed E-state index contributed by atoms with van der Waals surface area (Å²) < 4.78 is 1.71. The Bertz CT molecular complexity index is 374. The van der Waals surface area contributed by atoms with Gasteiger partial charge < -0.3 is 5.32 Å². The van der Waals surface area contributed by atoms with Gasteiger partial charge in [-0.15, -0.1) is 5.10 Å². The summed E-state index contributed by atoms with van der Waals surface area (Å²) >= 11 is 1.64. The average molecular weight is 258 g/mol. The van der Waals surface area contributed by atoms with Crippen LogP contribution in [0.25, 0.3) is 0 Å². The van der Waals surface area contributed by atoms with Crippen LogP contribution in [-0.2, 0) is 6.54 Å². The van der Waals surface area contributed by atoms with Gasteiger partial charge in [0.05, 0.1) is 0 Å². The molecule has 0 aliphatic rings. The summed E-state index contributed by atoms with van der Waals surface area (Å²) in [5.41, 5.74) is -0.103. The minimum atomic E-state index is -0.103. The average Bonchev–Trinajstić information content (AvgIpc) is 2.62. The van der Waals surface area contributed by atoms with Crippen molar-refractivity contribution >= 4 is 11.8 Å². The molecule has 0 aliphatic heterocycles. The van der Waals surface area contributed by atoms with Gasteiger partial charge in [-0.05, 0) is 26.3 Å². The summed E-state index contributed by atoms with van der Waals surface area (Å²) in [6.07, 6.45) is 2.02. The SMILES string of the molecule is CCCn1c(SCCC(C)NCC)n[nH]c1=O. The van der Waals surface area contributed by atoms with E-state index in [1.165, 1.54) is 0 Å². The second-order valence-electron chi connectivity index (χ2n) is 4.06. The van der Waals surface area contributed by atoms with Gasteiger partial charge >= 0.3 is 5.69 Å². The van der Waals surface area contributed by atoms with Crippen molar-refractivity contribution in [1.82, 2.24) is 20.1 Å². The quantitative estimate of drug-likeness (QED) is 0.693. The lowest BCUT2D eigenvalue weighted by Gasteiger charge is -2.11. The summed E-state index contributed by atoms with van der Waals surface area (Å²) in [6.45, 7) is 8.07. The second kappa shape index (κ2) is 7.55. The smallest absolute Gasteiger partial charge is 0.315 e. The molecular formula is C11H22N4OS. The van der Waals surface area contributed by atoms with E-state index in [9.17, 15) is 4.79 Å². The van der Waals surface area contributed by atoms with E-state index < -0.39 is 0 Å². The molecule has 0 aliphatic carbocycles. The van der Waals surface area contributed by atoms with Crippen molar-refractivity contribution in [2.75, 3.05) is 12.3 Å². The molecule has 0 aromatic carbocycles. The first-order chi connectivity index (χ1) is 8.19. The number of rotatable bonds is 8. The van der Waals surface area contributed by atoms with Crippen LogP contribution >= 0.6 is 11.8 Å². The Labute approximate surface area is 106 Å². The van der Waals surface area contributed by atoms with Crippen molar-refractivity contribution in [3.05, 3.63) is 10.5 Å². The van der Waals surface area contributed by atoms with Crippen LogP contribution in [0.2, 0.25) is 0 Å². The number of H-pyrrole nitrogens is 1. The first-order valence-electron chi connectivity index (χ1n) is 6.20. The first-order valence-corrected chi connectivity index (χ1v) is 7.19. The van der Waals surface area contributed by atoms with Gasteiger partial charge in [0.1, 0.15) is 0 Å². The number of aromatic nitrogens is 3. The third kappa shape index (κ3) is 4.55. The van der Waals surface area contributed by atoms with Crippen LogP contribution in [0.1, 0.15) is 33.6 Å². The zero-order chi connectivity index (χ0) is 12.7. The summed E-state index contributed by atoms with van der Waals surface area (Å²) in [5.74, 6) is 0.974. The van der Waals surface area contributed by atoms with Crippen LogP contribution in [-0.4, -0.2) is 33.1 Å². The Morgan fingerprint density at radius 2 is 2.29 bits per heavy atom. The van der Waals surface area contributed by atoms with Gasteiger partial charge in [-0.25, -0.2) is 9.89 Å². The zero-order valence-electron chi connectivity index (χ0n) is 10.8. The van der Waals surface area contributed by atoms with Crippen molar-refractivity contribution in [3.63, 3.8) is 0 Å². The Kier molecular flexibility index (Phi) is 6.36. The van der Waals surface area contributed by atoms with Gasteiger partial charge in [-0.3, -0.25) is 4.57 Å². The molecule has 17 heavy (non-hydrogen) atoms. The molecule has 0 amide bonds. The van der Waals surface area contributed by atoms with Crippen molar-refractivity contribution in [1.29, 1.82) is 0 Å². The van der Waals surface area contributed by atoms with E-state index >= 15 is 0 Å². The van der Waals surface area contributed by atoms with E-state index in [4.69, 9.17) is 0 Å². The molecule has 0 bridgehead atoms. The molecule has 1 unspecified atom stereocenters. The Morgan fingerprint density at radius 3 is 2.94 bits per heavy atom. The fourth-order valence-corrected chi connectivity index (χ4v) is 2.71. The number of nitrogens with one attached hydrogen (secondary N) is 2. The van der Waals surface area contributed by atoms with Crippen LogP contribution in [0.15, 0.2) is 9.95 Å². The molecule has 0 fully saturated rings. The highest BCUT2D eigenvalue weighted by Gasteiger charge is 2.08. The Balaban J connectivity index is 2.43. The van der Waals surface area contributed by atoms with Crippen molar-refractivity contribution < 1.29 is 0 Å². The molecule has 1 aromatic rings. The van der Waals surface area contributed by atoms with Crippen molar-refractivity contribution in [3.8, 4) is 0 Å². The summed E-state index contributed by atoms with van der Waals surface area (Å²) in [6, 6.07) is 0.512. The maximum absolute atomic E-state index is 11.4. The first kappa shape index (κ1) is 14.3. The normalized spacial score (nSPS) is 12.9. The summed E-state index contributed by atoms with van der Waals surface area (Å²) in [5, 5.41) is 10.7. The van der Waals surface area contributed by atoms with Crippen LogP contribution in [0.4, 0.5) is 0 Å². The molecule has 2 N–H and O–H groups in total. The molecule has 1 atom stereocenters. The van der Waals surface area contributed by atoms with Crippen LogP contribution in [0.5, 0.6) is 0 Å². The lowest BCUT2D eigenvalue weighted by Crippen LogP contribution is -2.26. The van der Waals surface area contributed by atoms with Gasteiger partial charge in [-0.1, -0.05) is 25.6 Å². The second-order valence-corrected chi connectivity index (χ2v) is 5.12. The van der Waals surface area contributed by atoms with Crippen LogP contribution < -0.4 is 11.0 Å². The third-order valence-corrected chi connectivity index (χ3v) is 3.51. The van der Waals surface area contributed by atoms with E-state index in [0.29, 0.717) is 6.04 Å². The predicted molar refractivity (Wildman–Crippen MR) is 71.6 cm³/mol. The van der Waals surface area contributed by atoms with Crippen molar-refractivity contribution in [2.24, 2.45) is 0 Å². The summed E-state index contributed by atoms with van der Waals surface area (Å²) in [7, 11) is 0. The molecule has 5 nitrogen and oxygen atoms in total. The maximum atomic E-state index is 11.4. The van der Waals surface area contributed by atoms with E-state index in [-0.39, 0.29) is 5.69 Å². The van der Waals surface area contributed by atoms with Crippen molar-refractivity contribution in [2.45, 2.75) is 51.4 Å². The minimum Gasteiger partial charge on any atom is -0.315 e. The number of thioether (sulfide) groups is 1. The number of hydrogen-bond donors (Lipinski definition) is 2. The van der Waals surface area contributed by atoms with Gasteiger partial charge in [0.25, 0.3) is 0 Å². The number of nitrogens with zero attached hydrogens (tertiary/aromatic N) is 2. The lowest BCUT2D eigenvalue weighted by atomic mass is 10.3. The fraction of sp³-hybridized carbons (Fsp3) is 0.818. The lowest BCUT2D eigenvalue weighted by molar-refractivity contribution is 0.555.